The molecule has 0 radical (unpaired) electrons. The van der Waals surface area contributed by atoms with Gasteiger partial charge in [-0.25, -0.2) is 8.78 Å². The van der Waals surface area contributed by atoms with E-state index in [2.05, 4.69) is 0 Å². The van der Waals surface area contributed by atoms with Gasteiger partial charge in [-0.15, -0.1) is 0 Å². The first-order valence-corrected chi connectivity index (χ1v) is 5.53. The van der Waals surface area contributed by atoms with Crippen molar-refractivity contribution < 1.29 is 23.5 Å². The quantitative estimate of drug-likeness (QED) is 0.690. The summed E-state index contributed by atoms with van der Waals surface area (Å²) in [6, 6.07) is 6.44. The lowest BCUT2D eigenvalue weighted by Crippen LogP contribution is -1.98. The van der Waals surface area contributed by atoms with Crippen molar-refractivity contribution in [3.05, 3.63) is 63.7 Å². The van der Waals surface area contributed by atoms with Crippen molar-refractivity contribution in [3.63, 3.8) is 0 Å². The molecule has 7 heteroatoms. The van der Waals surface area contributed by atoms with Crippen LogP contribution in [-0.4, -0.2) is 10.0 Å². The fourth-order valence-electron chi connectivity index (χ4n) is 1.63. The number of aliphatic hydroxyl groups is 1. The first-order valence-electron chi connectivity index (χ1n) is 5.53. The predicted octanol–water partition coefficient (Wildman–Crippen LogP) is 3.16. The van der Waals surface area contributed by atoms with E-state index in [1.165, 1.54) is 12.1 Å². The molecule has 0 bridgehead atoms. The molecular weight excluding hydrogens is 272 g/mol. The van der Waals surface area contributed by atoms with Gasteiger partial charge in [0, 0.05) is 12.1 Å². The van der Waals surface area contributed by atoms with Crippen LogP contribution in [0.4, 0.5) is 14.5 Å². The summed E-state index contributed by atoms with van der Waals surface area (Å²) in [6.45, 7) is -0.648. The van der Waals surface area contributed by atoms with Crippen LogP contribution in [0.1, 0.15) is 5.56 Å². The van der Waals surface area contributed by atoms with E-state index in [0.717, 1.165) is 24.3 Å². The molecule has 0 heterocycles. The summed E-state index contributed by atoms with van der Waals surface area (Å²) in [5.41, 5.74) is -0.620. The van der Waals surface area contributed by atoms with Crippen molar-refractivity contribution in [2.45, 2.75) is 6.61 Å². The number of halogens is 2. The van der Waals surface area contributed by atoms with E-state index in [9.17, 15) is 18.9 Å². The van der Waals surface area contributed by atoms with Crippen LogP contribution in [0.2, 0.25) is 0 Å². The summed E-state index contributed by atoms with van der Waals surface area (Å²) in [4.78, 5) is 10.1. The number of nitrogens with zero attached hydrogens (tertiary/aromatic N) is 1. The molecule has 0 fully saturated rings. The van der Waals surface area contributed by atoms with Gasteiger partial charge in [0.15, 0.2) is 0 Å². The predicted molar refractivity (Wildman–Crippen MR) is 65.5 cm³/mol. The molecule has 0 atom stereocenters. The van der Waals surface area contributed by atoms with Gasteiger partial charge in [0.25, 0.3) is 0 Å². The molecule has 0 saturated heterocycles. The minimum Gasteiger partial charge on any atom is -0.450 e. The summed E-state index contributed by atoms with van der Waals surface area (Å²) in [7, 11) is 0. The minimum absolute atomic E-state index is 0.110. The molecule has 1 N–H and O–H groups in total. The molecule has 0 spiro atoms. The lowest BCUT2D eigenvalue weighted by molar-refractivity contribution is -0.385. The summed E-state index contributed by atoms with van der Waals surface area (Å²) in [5.74, 6) is -1.92. The fourth-order valence-corrected chi connectivity index (χ4v) is 1.63. The Balaban J connectivity index is 2.47. The zero-order valence-electron chi connectivity index (χ0n) is 10.0. The van der Waals surface area contributed by atoms with E-state index in [4.69, 9.17) is 9.84 Å². The van der Waals surface area contributed by atoms with Crippen LogP contribution in [0.5, 0.6) is 11.5 Å². The lowest BCUT2D eigenvalue weighted by Gasteiger charge is -2.10. The molecule has 20 heavy (non-hydrogen) atoms. The normalized spacial score (nSPS) is 10.3. The second kappa shape index (κ2) is 5.62. The SMILES string of the molecule is O=[N+]([O-])c1ccc(F)cc1Oc1cccc(F)c1CO. The molecule has 0 aliphatic rings. The first-order chi connectivity index (χ1) is 9.52. The zero-order valence-corrected chi connectivity index (χ0v) is 10.0. The second-order valence-corrected chi connectivity index (χ2v) is 3.85. The van der Waals surface area contributed by atoms with Crippen LogP contribution in [-0.2, 0) is 6.61 Å². The van der Waals surface area contributed by atoms with Crippen LogP contribution in [0.15, 0.2) is 36.4 Å². The van der Waals surface area contributed by atoms with E-state index in [-0.39, 0.29) is 17.1 Å². The maximum Gasteiger partial charge on any atom is 0.311 e. The van der Waals surface area contributed by atoms with Gasteiger partial charge in [-0.1, -0.05) is 6.07 Å². The molecule has 2 rings (SSSR count). The highest BCUT2D eigenvalue weighted by Crippen LogP contribution is 2.34. The molecule has 2 aromatic carbocycles. The second-order valence-electron chi connectivity index (χ2n) is 3.85. The molecule has 2 aromatic rings. The number of benzene rings is 2. The Bertz CT molecular complexity index is 661. The molecular formula is C13H9F2NO4. The van der Waals surface area contributed by atoms with Gasteiger partial charge in [0.05, 0.1) is 17.1 Å². The smallest absolute Gasteiger partial charge is 0.311 e. The third kappa shape index (κ3) is 2.72. The standard InChI is InChI=1S/C13H9F2NO4/c14-8-4-5-11(16(18)19)13(6-8)20-12-3-1-2-10(15)9(12)7-17/h1-6,17H,7H2. The number of hydrogen-bond donors (Lipinski definition) is 1. The van der Waals surface area contributed by atoms with Crippen LogP contribution in [0.25, 0.3) is 0 Å². The maximum absolute atomic E-state index is 13.4. The Kier molecular flexibility index (Phi) is 3.90. The van der Waals surface area contributed by atoms with E-state index in [1.807, 2.05) is 0 Å². The largest absolute Gasteiger partial charge is 0.450 e. The molecule has 0 saturated carbocycles. The Morgan fingerprint density at radius 3 is 2.60 bits per heavy atom. The zero-order chi connectivity index (χ0) is 14.7. The molecule has 104 valence electrons. The average Bonchev–Trinajstić information content (AvgIpc) is 2.38. The Morgan fingerprint density at radius 2 is 1.95 bits per heavy atom. The Morgan fingerprint density at radius 1 is 1.20 bits per heavy atom. The first kappa shape index (κ1) is 13.9. The summed E-state index contributed by atoms with van der Waals surface area (Å²) < 4.78 is 31.8. The highest BCUT2D eigenvalue weighted by atomic mass is 19.1. The van der Waals surface area contributed by atoms with Crippen molar-refractivity contribution in [3.8, 4) is 11.5 Å². The van der Waals surface area contributed by atoms with E-state index in [1.54, 1.807) is 0 Å². The number of nitro groups is 1. The van der Waals surface area contributed by atoms with Crippen LogP contribution >= 0.6 is 0 Å². The number of hydrogen-bond acceptors (Lipinski definition) is 4. The third-order valence-electron chi connectivity index (χ3n) is 2.57. The highest BCUT2D eigenvalue weighted by molar-refractivity contribution is 5.49. The van der Waals surface area contributed by atoms with Crippen LogP contribution < -0.4 is 4.74 Å². The Hall–Kier alpha value is -2.54. The van der Waals surface area contributed by atoms with Gasteiger partial charge in [-0.2, -0.15) is 0 Å². The molecule has 0 aliphatic heterocycles. The van der Waals surface area contributed by atoms with Crippen molar-refractivity contribution in [2.24, 2.45) is 0 Å². The summed E-state index contributed by atoms with van der Waals surface area (Å²) in [5, 5.41) is 19.9. The minimum atomic E-state index is -0.743. The topological polar surface area (TPSA) is 72.6 Å². The Labute approximate surface area is 112 Å². The summed E-state index contributed by atoms with van der Waals surface area (Å²) >= 11 is 0. The van der Waals surface area contributed by atoms with Gasteiger partial charge in [-0.05, 0) is 18.2 Å². The van der Waals surface area contributed by atoms with Crippen molar-refractivity contribution in [2.75, 3.05) is 0 Å². The van der Waals surface area contributed by atoms with Gasteiger partial charge in [0.2, 0.25) is 5.75 Å². The van der Waals surface area contributed by atoms with Crippen LogP contribution in [0.3, 0.4) is 0 Å². The average molecular weight is 281 g/mol. The molecule has 5 nitrogen and oxygen atoms in total. The highest BCUT2D eigenvalue weighted by Gasteiger charge is 2.18. The summed E-state index contributed by atoms with van der Waals surface area (Å²) in [6.07, 6.45) is 0. The third-order valence-corrected chi connectivity index (χ3v) is 2.57. The molecule has 0 aromatic heterocycles. The lowest BCUT2D eigenvalue weighted by atomic mass is 10.2. The number of ether oxygens (including phenoxy) is 1. The fraction of sp³-hybridized carbons (Fsp3) is 0.0769. The van der Waals surface area contributed by atoms with Gasteiger partial charge >= 0.3 is 5.69 Å². The van der Waals surface area contributed by atoms with Crippen molar-refractivity contribution >= 4 is 5.69 Å². The van der Waals surface area contributed by atoms with Gasteiger partial charge in [0.1, 0.15) is 17.4 Å². The monoisotopic (exact) mass is 281 g/mol. The molecule has 0 unspecified atom stereocenters. The molecule has 0 amide bonds. The maximum atomic E-state index is 13.4. The van der Waals surface area contributed by atoms with Crippen molar-refractivity contribution in [1.29, 1.82) is 0 Å². The van der Waals surface area contributed by atoms with Crippen LogP contribution in [0, 0.1) is 21.7 Å². The number of nitro benzene ring substituents is 1. The van der Waals surface area contributed by atoms with Crippen molar-refractivity contribution in [1.82, 2.24) is 0 Å². The van der Waals surface area contributed by atoms with E-state index >= 15 is 0 Å². The van der Waals surface area contributed by atoms with Gasteiger partial charge in [-0.3, -0.25) is 10.1 Å². The van der Waals surface area contributed by atoms with E-state index < -0.39 is 28.9 Å². The number of rotatable bonds is 4. The van der Waals surface area contributed by atoms with E-state index in [0.29, 0.717) is 0 Å². The van der Waals surface area contributed by atoms with Gasteiger partial charge < -0.3 is 9.84 Å². The molecule has 0 aliphatic carbocycles. The number of aliphatic hydroxyl groups excluding tert-OH is 1.